The van der Waals surface area contributed by atoms with Crippen LogP contribution in [0.4, 0.5) is 5.69 Å². The van der Waals surface area contributed by atoms with Gasteiger partial charge < -0.3 is 10.2 Å². The molecule has 5 heteroatoms. The highest BCUT2D eigenvalue weighted by Crippen LogP contribution is 2.28. The van der Waals surface area contributed by atoms with Crippen molar-refractivity contribution in [2.45, 2.75) is 12.8 Å². The lowest BCUT2D eigenvalue weighted by atomic mass is 9.96. The molecule has 0 spiro atoms. The van der Waals surface area contributed by atoms with E-state index in [0.29, 0.717) is 17.1 Å². The van der Waals surface area contributed by atoms with Gasteiger partial charge in [-0.1, -0.05) is 11.6 Å². The van der Waals surface area contributed by atoms with Crippen molar-refractivity contribution in [2.24, 2.45) is 5.92 Å². The molecular formula is C14H16ClN3O. The third kappa shape index (κ3) is 2.99. The van der Waals surface area contributed by atoms with E-state index >= 15 is 0 Å². The molecule has 1 aliphatic heterocycles. The van der Waals surface area contributed by atoms with E-state index < -0.39 is 0 Å². The lowest BCUT2D eigenvalue weighted by Gasteiger charge is -2.34. The second-order valence-corrected chi connectivity index (χ2v) is 5.11. The summed E-state index contributed by atoms with van der Waals surface area (Å²) < 4.78 is 0. The van der Waals surface area contributed by atoms with E-state index in [0.717, 1.165) is 25.1 Å². The summed E-state index contributed by atoms with van der Waals surface area (Å²) in [7, 11) is 1.65. The molecule has 2 rings (SSSR count). The lowest BCUT2D eigenvalue weighted by Crippen LogP contribution is -2.42. The Morgan fingerprint density at radius 3 is 3.05 bits per heavy atom. The van der Waals surface area contributed by atoms with Gasteiger partial charge in [0.25, 0.3) is 0 Å². The zero-order valence-electron chi connectivity index (χ0n) is 10.8. The van der Waals surface area contributed by atoms with Crippen molar-refractivity contribution in [1.82, 2.24) is 5.32 Å². The second-order valence-electron chi connectivity index (χ2n) is 4.67. The van der Waals surface area contributed by atoms with Gasteiger partial charge in [-0.25, -0.2) is 0 Å². The number of halogens is 1. The second kappa shape index (κ2) is 5.94. The van der Waals surface area contributed by atoms with Gasteiger partial charge in [-0.05, 0) is 31.0 Å². The SMILES string of the molecule is CNC(=O)C1CCCN(c2cc(Cl)ccc2C#N)C1. The molecular weight excluding hydrogens is 262 g/mol. The van der Waals surface area contributed by atoms with Gasteiger partial charge >= 0.3 is 0 Å². The predicted octanol–water partition coefficient (Wildman–Crippen LogP) is 2.17. The van der Waals surface area contributed by atoms with Gasteiger partial charge in [0.15, 0.2) is 0 Å². The van der Waals surface area contributed by atoms with Crippen LogP contribution in [0.3, 0.4) is 0 Å². The average molecular weight is 278 g/mol. The lowest BCUT2D eigenvalue weighted by molar-refractivity contribution is -0.124. The third-order valence-corrected chi connectivity index (χ3v) is 3.69. The van der Waals surface area contributed by atoms with Crippen molar-refractivity contribution in [3.63, 3.8) is 0 Å². The van der Waals surface area contributed by atoms with Crippen molar-refractivity contribution >= 4 is 23.2 Å². The molecule has 1 N–H and O–H groups in total. The fraction of sp³-hybridized carbons (Fsp3) is 0.429. The molecule has 1 atom stereocenters. The summed E-state index contributed by atoms with van der Waals surface area (Å²) >= 11 is 6.00. The summed E-state index contributed by atoms with van der Waals surface area (Å²) in [6.07, 6.45) is 1.83. The van der Waals surface area contributed by atoms with Crippen LogP contribution >= 0.6 is 11.6 Å². The number of carbonyl (C=O) groups is 1. The summed E-state index contributed by atoms with van der Waals surface area (Å²) in [5, 5.41) is 12.5. The fourth-order valence-corrected chi connectivity index (χ4v) is 2.64. The van der Waals surface area contributed by atoms with Crippen LogP contribution in [0.1, 0.15) is 18.4 Å². The van der Waals surface area contributed by atoms with Gasteiger partial charge in [0.1, 0.15) is 6.07 Å². The Kier molecular flexibility index (Phi) is 4.28. The van der Waals surface area contributed by atoms with Gasteiger partial charge in [0.2, 0.25) is 5.91 Å². The van der Waals surface area contributed by atoms with E-state index in [-0.39, 0.29) is 11.8 Å². The van der Waals surface area contributed by atoms with E-state index in [4.69, 9.17) is 16.9 Å². The Morgan fingerprint density at radius 1 is 1.58 bits per heavy atom. The zero-order valence-corrected chi connectivity index (χ0v) is 11.6. The molecule has 4 nitrogen and oxygen atoms in total. The standard InChI is InChI=1S/C14H16ClN3O/c1-17-14(19)11-3-2-6-18(9-11)13-7-12(15)5-4-10(13)8-16/h4-5,7,11H,2-3,6,9H2,1H3,(H,17,19). The number of nitrogens with one attached hydrogen (secondary N) is 1. The summed E-state index contributed by atoms with van der Waals surface area (Å²) in [6.45, 7) is 1.48. The number of nitriles is 1. The Bertz CT molecular complexity index is 524. The number of benzene rings is 1. The third-order valence-electron chi connectivity index (χ3n) is 3.46. The maximum atomic E-state index is 11.7. The van der Waals surface area contributed by atoms with Crippen LogP contribution in [0.25, 0.3) is 0 Å². The Morgan fingerprint density at radius 2 is 2.37 bits per heavy atom. The van der Waals surface area contributed by atoms with Crippen LogP contribution in [-0.4, -0.2) is 26.0 Å². The van der Waals surface area contributed by atoms with Crippen LogP contribution in [0.5, 0.6) is 0 Å². The molecule has 100 valence electrons. The van der Waals surface area contributed by atoms with Gasteiger partial charge in [-0.2, -0.15) is 5.26 Å². The van der Waals surface area contributed by atoms with Gasteiger partial charge in [-0.15, -0.1) is 0 Å². The number of hydrogen-bond acceptors (Lipinski definition) is 3. The van der Waals surface area contributed by atoms with Crippen LogP contribution < -0.4 is 10.2 Å². The summed E-state index contributed by atoms with van der Waals surface area (Å²) in [5.41, 5.74) is 1.42. The van der Waals surface area contributed by atoms with Crippen LogP contribution in [-0.2, 0) is 4.79 Å². The van der Waals surface area contributed by atoms with E-state index in [1.807, 2.05) is 0 Å². The first-order valence-electron chi connectivity index (χ1n) is 6.32. The summed E-state index contributed by atoms with van der Waals surface area (Å²) in [4.78, 5) is 13.8. The fourth-order valence-electron chi connectivity index (χ4n) is 2.48. The molecule has 1 fully saturated rings. The van der Waals surface area contributed by atoms with E-state index in [1.165, 1.54) is 0 Å². The van der Waals surface area contributed by atoms with Crippen molar-refractivity contribution in [1.29, 1.82) is 5.26 Å². The quantitative estimate of drug-likeness (QED) is 0.901. The molecule has 1 amide bonds. The molecule has 0 aliphatic carbocycles. The van der Waals surface area contributed by atoms with Crippen LogP contribution in [0.15, 0.2) is 18.2 Å². The molecule has 19 heavy (non-hydrogen) atoms. The number of rotatable bonds is 2. The van der Waals surface area contributed by atoms with Crippen LogP contribution in [0.2, 0.25) is 5.02 Å². The summed E-state index contributed by atoms with van der Waals surface area (Å²) in [5.74, 6) is 0.0366. The predicted molar refractivity (Wildman–Crippen MR) is 75.2 cm³/mol. The van der Waals surface area contributed by atoms with Gasteiger partial charge in [0, 0.05) is 25.2 Å². The molecule has 0 aromatic heterocycles. The maximum Gasteiger partial charge on any atom is 0.224 e. The van der Waals surface area contributed by atoms with Crippen molar-refractivity contribution in [3.05, 3.63) is 28.8 Å². The molecule has 1 saturated heterocycles. The molecule has 0 radical (unpaired) electrons. The number of hydrogen-bond donors (Lipinski definition) is 1. The monoisotopic (exact) mass is 277 g/mol. The Hall–Kier alpha value is -1.73. The number of amides is 1. The molecule has 1 aliphatic rings. The van der Waals surface area contributed by atoms with E-state index in [1.54, 1.807) is 25.2 Å². The molecule has 1 aromatic carbocycles. The highest BCUT2D eigenvalue weighted by atomic mass is 35.5. The average Bonchev–Trinajstić information content (AvgIpc) is 2.46. The molecule has 0 bridgehead atoms. The zero-order chi connectivity index (χ0) is 13.8. The smallest absolute Gasteiger partial charge is 0.224 e. The minimum Gasteiger partial charge on any atom is -0.370 e. The number of carbonyl (C=O) groups excluding carboxylic acids is 1. The number of piperidine rings is 1. The van der Waals surface area contributed by atoms with Gasteiger partial charge in [-0.3, -0.25) is 4.79 Å². The molecule has 1 aromatic rings. The molecule has 1 unspecified atom stereocenters. The Balaban J connectivity index is 2.24. The molecule has 1 heterocycles. The van der Waals surface area contributed by atoms with Crippen LogP contribution in [0, 0.1) is 17.2 Å². The minimum atomic E-state index is -0.0238. The molecule has 0 saturated carbocycles. The number of nitrogens with zero attached hydrogens (tertiary/aromatic N) is 2. The topological polar surface area (TPSA) is 56.1 Å². The van der Waals surface area contributed by atoms with Crippen molar-refractivity contribution in [2.75, 3.05) is 25.0 Å². The van der Waals surface area contributed by atoms with Gasteiger partial charge in [0.05, 0.1) is 17.2 Å². The number of anilines is 1. The van der Waals surface area contributed by atoms with Crippen molar-refractivity contribution in [3.8, 4) is 6.07 Å². The largest absolute Gasteiger partial charge is 0.370 e. The minimum absolute atomic E-state index is 0.0238. The normalized spacial score (nSPS) is 18.8. The highest BCUT2D eigenvalue weighted by Gasteiger charge is 2.26. The first-order chi connectivity index (χ1) is 9.15. The Labute approximate surface area is 118 Å². The maximum absolute atomic E-state index is 11.7. The van der Waals surface area contributed by atoms with Crippen molar-refractivity contribution < 1.29 is 4.79 Å². The first kappa shape index (κ1) is 13.7. The first-order valence-corrected chi connectivity index (χ1v) is 6.69. The summed E-state index contributed by atoms with van der Waals surface area (Å²) in [6, 6.07) is 7.41. The van der Waals surface area contributed by atoms with E-state index in [9.17, 15) is 4.79 Å². The van der Waals surface area contributed by atoms with E-state index in [2.05, 4.69) is 16.3 Å². The highest BCUT2D eigenvalue weighted by molar-refractivity contribution is 6.30.